The van der Waals surface area contributed by atoms with Crippen molar-refractivity contribution in [3.63, 3.8) is 0 Å². The second-order valence-electron chi connectivity index (χ2n) is 7.61. The van der Waals surface area contributed by atoms with Crippen LogP contribution in [0.25, 0.3) is 32.6 Å². The van der Waals surface area contributed by atoms with Gasteiger partial charge in [0.25, 0.3) is 0 Å². The lowest BCUT2D eigenvalue weighted by Gasteiger charge is -2.17. The summed E-state index contributed by atoms with van der Waals surface area (Å²) in [6.45, 7) is 4.07. The van der Waals surface area contributed by atoms with Gasteiger partial charge in [-0.3, -0.25) is 4.68 Å². The molecule has 154 valence electrons. The molecule has 0 saturated carbocycles. The lowest BCUT2D eigenvalue weighted by atomic mass is 10.0. The van der Waals surface area contributed by atoms with Gasteiger partial charge < -0.3 is 5.32 Å². The molecule has 6 nitrogen and oxygen atoms in total. The Morgan fingerprint density at radius 1 is 1.00 bits per heavy atom. The third-order valence-corrected chi connectivity index (χ3v) is 6.05. The first kappa shape index (κ1) is 19.4. The Bertz CT molecular complexity index is 1370. The van der Waals surface area contributed by atoms with Crippen molar-refractivity contribution in [1.82, 2.24) is 24.7 Å². The first-order valence-electron chi connectivity index (χ1n) is 10.1. The maximum absolute atomic E-state index is 4.66. The zero-order chi connectivity index (χ0) is 21.4. The van der Waals surface area contributed by atoms with Crippen LogP contribution in [0.5, 0.6) is 0 Å². The highest BCUT2D eigenvalue weighted by Crippen LogP contribution is 2.28. The van der Waals surface area contributed by atoms with Gasteiger partial charge in [0.2, 0.25) is 0 Å². The number of fused-ring (bicyclic) bond motifs is 1. The maximum atomic E-state index is 4.66. The van der Waals surface area contributed by atoms with E-state index in [2.05, 4.69) is 68.7 Å². The molecule has 3 aromatic heterocycles. The van der Waals surface area contributed by atoms with Crippen molar-refractivity contribution in [2.75, 3.05) is 5.32 Å². The van der Waals surface area contributed by atoms with Crippen LogP contribution in [-0.4, -0.2) is 24.7 Å². The summed E-state index contributed by atoms with van der Waals surface area (Å²) in [5.41, 5.74) is 8.30. The molecule has 0 bridgehead atoms. The molecule has 0 spiro atoms. The molecule has 0 saturated heterocycles. The third-order valence-electron chi connectivity index (χ3n) is 5.25. The molecule has 0 aliphatic heterocycles. The summed E-state index contributed by atoms with van der Waals surface area (Å²) in [5.74, 6) is 1.55. The van der Waals surface area contributed by atoms with Gasteiger partial charge >= 0.3 is 0 Å². The number of anilines is 1. The number of hydrogen-bond acceptors (Lipinski definition) is 6. The molecule has 0 aliphatic carbocycles. The number of nitrogens with one attached hydrogen (secondary N) is 1. The molecule has 1 atom stereocenters. The van der Waals surface area contributed by atoms with Crippen LogP contribution in [0.15, 0.2) is 66.4 Å². The largest absolute Gasteiger partial charge is 0.363 e. The molecule has 1 N–H and O–H groups in total. The maximum Gasteiger partial charge on any atom is 0.130 e. The fraction of sp³-hybridized carbons (Fsp3) is 0.167. The van der Waals surface area contributed by atoms with Crippen LogP contribution in [-0.2, 0) is 7.05 Å². The van der Waals surface area contributed by atoms with Crippen molar-refractivity contribution < 1.29 is 0 Å². The molecule has 7 heteroatoms. The first-order chi connectivity index (χ1) is 15.0. The predicted octanol–water partition coefficient (Wildman–Crippen LogP) is 5.64. The summed E-state index contributed by atoms with van der Waals surface area (Å²) in [6, 6.07) is 16.9. The predicted molar refractivity (Wildman–Crippen MR) is 126 cm³/mol. The Kier molecular flexibility index (Phi) is 4.95. The summed E-state index contributed by atoms with van der Waals surface area (Å²) in [6.07, 6.45) is 3.91. The quantitative estimate of drug-likeness (QED) is 0.394. The second-order valence-corrected chi connectivity index (χ2v) is 8.50. The number of aromatic nitrogens is 5. The van der Waals surface area contributed by atoms with Gasteiger partial charge in [0.15, 0.2) is 0 Å². The van der Waals surface area contributed by atoms with Crippen LogP contribution in [0.2, 0.25) is 0 Å². The summed E-state index contributed by atoms with van der Waals surface area (Å²) in [5, 5.41) is 7.82. The molecule has 5 aromatic rings. The lowest BCUT2D eigenvalue weighted by molar-refractivity contribution is 0.768. The van der Waals surface area contributed by atoms with Gasteiger partial charge in [-0.1, -0.05) is 24.3 Å². The monoisotopic (exact) mass is 426 g/mol. The first-order valence-corrected chi connectivity index (χ1v) is 11.0. The van der Waals surface area contributed by atoms with Gasteiger partial charge in [0.05, 0.1) is 27.6 Å². The molecule has 5 rings (SSSR count). The average Bonchev–Trinajstić information content (AvgIpc) is 3.41. The number of nitrogens with zero attached hydrogens (tertiary/aromatic N) is 5. The Labute approximate surface area is 184 Å². The summed E-state index contributed by atoms with van der Waals surface area (Å²) in [4.78, 5) is 13.6. The fourth-order valence-corrected chi connectivity index (χ4v) is 4.38. The molecule has 3 heterocycles. The van der Waals surface area contributed by atoms with E-state index in [1.54, 1.807) is 11.3 Å². The highest BCUT2D eigenvalue weighted by Gasteiger charge is 2.11. The Balaban J connectivity index is 1.42. The molecule has 0 radical (unpaired) electrons. The van der Waals surface area contributed by atoms with Crippen molar-refractivity contribution in [1.29, 1.82) is 0 Å². The minimum atomic E-state index is 0.0859. The normalized spacial score (nSPS) is 12.2. The van der Waals surface area contributed by atoms with Crippen LogP contribution in [0.4, 0.5) is 5.82 Å². The van der Waals surface area contributed by atoms with Crippen LogP contribution >= 0.6 is 11.3 Å². The second kappa shape index (κ2) is 7.92. The van der Waals surface area contributed by atoms with Gasteiger partial charge in [-0.05, 0) is 43.2 Å². The highest BCUT2D eigenvalue weighted by molar-refractivity contribution is 7.16. The van der Waals surface area contributed by atoms with Gasteiger partial charge in [0.1, 0.15) is 11.6 Å². The molecule has 0 fully saturated rings. The third kappa shape index (κ3) is 4.04. The zero-order valence-electron chi connectivity index (χ0n) is 17.6. The molecule has 2 aromatic carbocycles. The van der Waals surface area contributed by atoms with E-state index >= 15 is 0 Å². The van der Waals surface area contributed by atoms with E-state index < -0.39 is 0 Å². The topological polar surface area (TPSA) is 68.5 Å². The standard InChI is InChI=1S/C24H22N6S/c1-15(17-5-4-6-18(9-17)20-12-26-30(3)13-20)27-24-11-22(28-16(2)29-24)19-7-8-21-23(10-19)31-14-25-21/h4-15H,1-3H3,(H,27,28,29)/t15-/m0/s1. The van der Waals surface area contributed by atoms with E-state index in [0.29, 0.717) is 0 Å². The Morgan fingerprint density at radius 2 is 1.90 bits per heavy atom. The van der Waals surface area contributed by atoms with Crippen LogP contribution in [0.1, 0.15) is 24.4 Å². The smallest absolute Gasteiger partial charge is 0.130 e. The fourth-order valence-electron chi connectivity index (χ4n) is 3.67. The molecule has 31 heavy (non-hydrogen) atoms. The van der Waals surface area contributed by atoms with E-state index in [9.17, 15) is 0 Å². The van der Waals surface area contributed by atoms with E-state index in [1.165, 1.54) is 5.56 Å². The minimum absolute atomic E-state index is 0.0859. The van der Waals surface area contributed by atoms with E-state index in [1.807, 2.05) is 48.7 Å². The van der Waals surface area contributed by atoms with Crippen LogP contribution < -0.4 is 5.32 Å². The molecular weight excluding hydrogens is 404 g/mol. The number of benzene rings is 2. The van der Waals surface area contributed by atoms with Crippen molar-refractivity contribution in [3.05, 3.63) is 77.8 Å². The van der Waals surface area contributed by atoms with Crippen LogP contribution in [0.3, 0.4) is 0 Å². The Hall–Kier alpha value is -3.58. The highest BCUT2D eigenvalue weighted by atomic mass is 32.1. The number of thiazole rings is 1. The summed E-state index contributed by atoms with van der Waals surface area (Å²) < 4.78 is 2.97. The molecule has 0 amide bonds. The van der Waals surface area contributed by atoms with Crippen LogP contribution in [0, 0.1) is 6.92 Å². The van der Waals surface area contributed by atoms with E-state index in [0.717, 1.165) is 44.2 Å². The number of hydrogen-bond donors (Lipinski definition) is 1. The Morgan fingerprint density at radius 3 is 2.74 bits per heavy atom. The molecule has 0 aliphatic rings. The summed E-state index contributed by atoms with van der Waals surface area (Å²) >= 11 is 1.64. The zero-order valence-corrected chi connectivity index (χ0v) is 18.4. The minimum Gasteiger partial charge on any atom is -0.363 e. The molecule has 0 unspecified atom stereocenters. The van der Waals surface area contributed by atoms with Crippen molar-refractivity contribution in [3.8, 4) is 22.4 Å². The van der Waals surface area contributed by atoms with Gasteiger partial charge in [0, 0.05) is 36.5 Å². The van der Waals surface area contributed by atoms with Crippen molar-refractivity contribution in [2.24, 2.45) is 7.05 Å². The van der Waals surface area contributed by atoms with E-state index in [4.69, 9.17) is 0 Å². The van der Waals surface area contributed by atoms with Crippen molar-refractivity contribution in [2.45, 2.75) is 19.9 Å². The average molecular weight is 427 g/mol. The SMILES string of the molecule is Cc1nc(N[C@@H](C)c2cccc(-c3cnn(C)c3)c2)cc(-c2ccc3ncsc3c2)n1. The van der Waals surface area contributed by atoms with Gasteiger partial charge in [-0.15, -0.1) is 11.3 Å². The number of rotatable bonds is 5. The van der Waals surface area contributed by atoms with Crippen molar-refractivity contribution >= 4 is 27.4 Å². The summed E-state index contributed by atoms with van der Waals surface area (Å²) in [7, 11) is 1.93. The molecular formula is C24H22N6S. The number of aryl methyl sites for hydroxylation is 2. The van der Waals surface area contributed by atoms with Gasteiger partial charge in [-0.2, -0.15) is 5.10 Å². The van der Waals surface area contributed by atoms with Gasteiger partial charge in [-0.25, -0.2) is 15.0 Å². The lowest BCUT2D eigenvalue weighted by Crippen LogP contribution is -2.09. The van der Waals surface area contributed by atoms with E-state index in [-0.39, 0.29) is 6.04 Å².